The van der Waals surface area contributed by atoms with Gasteiger partial charge in [0.05, 0.1) is 25.6 Å². The number of aromatic nitrogens is 2. The maximum absolute atomic E-state index is 12.9. The highest BCUT2D eigenvalue weighted by molar-refractivity contribution is 5.91. The highest BCUT2D eigenvalue weighted by Crippen LogP contribution is 2.23. The molecule has 7 nitrogen and oxygen atoms in total. The Morgan fingerprint density at radius 2 is 1.66 bits per heavy atom. The van der Waals surface area contributed by atoms with Gasteiger partial charge in [-0.15, -0.1) is 0 Å². The van der Waals surface area contributed by atoms with Crippen LogP contribution in [0.1, 0.15) is 17.7 Å². The standard InChI is InChI=1S/C22H25N3O4/c1-15-21(22(27)25(24(15)2)17-8-6-5-7-9-17)23-20(26)11-10-16-12-18(28-3)14-19(13-16)29-4/h5-9,12-14H,10-11H2,1-4H3,(H,23,26). The molecule has 2 aromatic carbocycles. The Balaban J connectivity index is 1.76. The lowest BCUT2D eigenvalue weighted by Gasteiger charge is -2.08. The van der Waals surface area contributed by atoms with Crippen molar-refractivity contribution in [3.05, 3.63) is 70.1 Å². The van der Waals surface area contributed by atoms with E-state index >= 15 is 0 Å². The minimum atomic E-state index is -0.257. The molecule has 0 radical (unpaired) electrons. The topological polar surface area (TPSA) is 74.5 Å². The number of ether oxygens (including phenoxy) is 2. The van der Waals surface area contributed by atoms with Gasteiger partial charge in [0.1, 0.15) is 17.2 Å². The molecule has 0 unspecified atom stereocenters. The number of rotatable bonds is 7. The summed E-state index contributed by atoms with van der Waals surface area (Å²) in [6.45, 7) is 1.81. The molecule has 1 heterocycles. The van der Waals surface area contributed by atoms with E-state index in [1.807, 2.05) is 49.4 Å². The molecule has 0 fully saturated rings. The summed E-state index contributed by atoms with van der Waals surface area (Å²) in [6, 6.07) is 14.8. The van der Waals surface area contributed by atoms with E-state index in [0.29, 0.717) is 29.3 Å². The van der Waals surface area contributed by atoms with Crippen molar-refractivity contribution in [2.45, 2.75) is 19.8 Å². The molecule has 0 spiro atoms. The molecule has 0 bridgehead atoms. The van der Waals surface area contributed by atoms with Gasteiger partial charge in [-0.05, 0) is 43.2 Å². The Labute approximate surface area is 169 Å². The number of nitrogens with zero attached hydrogens (tertiary/aromatic N) is 2. The fourth-order valence-electron chi connectivity index (χ4n) is 3.18. The van der Waals surface area contributed by atoms with Crippen molar-refractivity contribution < 1.29 is 14.3 Å². The van der Waals surface area contributed by atoms with E-state index in [-0.39, 0.29) is 17.9 Å². The van der Waals surface area contributed by atoms with E-state index in [4.69, 9.17) is 9.47 Å². The Hall–Kier alpha value is -3.48. The van der Waals surface area contributed by atoms with Gasteiger partial charge in [0, 0.05) is 19.5 Å². The van der Waals surface area contributed by atoms with Crippen LogP contribution in [0.2, 0.25) is 0 Å². The van der Waals surface area contributed by atoms with Gasteiger partial charge in [-0.25, -0.2) is 4.68 Å². The van der Waals surface area contributed by atoms with Crippen LogP contribution in [0.4, 0.5) is 5.69 Å². The lowest BCUT2D eigenvalue weighted by atomic mass is 10.1. The first-order chi connectivity index (χ1) is 13.9. The first kappa shape index (κ1) is 20.3. The fourth-order valence-corrected chi connectivity index (χ4v) is 3.18. The number of carbonyl (C=O) groups is 1. The molecule has 3 aromatic rings. The molecule has 29 heavy (non-hydrogen) atoms. The molecule has 152 valence electrons. The molecule has 0 aliphatic carbocycles. The van der Waals surface area contributed by atoms with Crippen molar-refractivity contribution >= 4 is 11.6 Å². The third-order valence-electron chi connectivity index (χ3n) is 4.87. The summed E-state index contributed by atoms with van der Waals surface area (Å²) in [6.07, 6.45) is 0.730. The summed E-state index contributed by atoms with van der Waals surface area (Å²) in [5, 5.41) is 2.78. The summed E-state index contributed by atoms with van der Waals surface area (Å²) in [7, 11) is 4.96. The smallest absolute Gasteiger partial charge is 0.295 e. The number of carbonyl (C=O) groups excluding carboxylic acids is 1. The van der Waals surface area contributed by atoms with Gasteiger partial charge < -0.3 is 14.8 Å². The van der Waals surface area contributed by atoms with Gasteiger partial charge in [0.15, 0.2) is 0 Å². The van der Waals surface area contributed by atoms with E-state index in [9.17, 15) is 9.59 Å². The van der Waals surface area contributed by atoms with E-state index in [2.05, 4.69) is 5.32 Å². The van der Waals surface area contributed by atoms with Crippen LogP contribution in [0.3, 0.4) is 0 Å². The predicted octanol–water partition coefficient (Wildman–Crippen LogP) is 3.07. The summed E-state index contributed by atoms with van der Waals surface area (Å²) in [5.74, 6) is 1.12. The molecule has 0 saturated heterocycles. The van der Waals surface area contributed by atoms with Crippen molar-refractivity contribution in [2.75, 3.05) is 19.5 Å². The van der Waals surface area contributed by atoms with E-state index in [0.717, 1.165) is 11.3 Å². The molecule has 7 heteroatoms. The fraction of sp³-hybridized carbons (Fsp3) is 0.273. The summed E-state index contributed by atoms with van der Waals surface area (Å²) in [5.41, 5.74) is 2.39. The predicted molar refractivity (Wildman–Crippen MR) is 112 cm³/mol. The van der Waals surface area contributed by atoms with Crippen LogP contribution in [0.15, 0.2) is 53.3 Å². The average Bonchev–Trinajstić information content (AvgIpc) is 2.95. The number of aryl methyl sites for hydroxylation is 1. The van der Waals surface area contributed by atoms with Gasteiger partial charge in [0.25, 0.3) is 5.56 Å². The van der Waals surface area contributed by atoms with Crippen molar-refractivity contribution in [3.63, 3.8) is 0 Å². The first-order valence-electron chi connectivity index (χ1n) is 9.30. The SMILES string of the molecule is COc1cc(CCC(=O)Nc2c(C)n(C)n(-c3ccccc3)c2=O)cc(OC)c1. The number of methoxy groups -OCH3 is 2. The van der Waals surface area contributed by atoms with Crippen LogP contribution in [0, 0.1) is 6.92 Å². The second-order valence-corrected chi connectivity index (χ2v) is 6.71. The lowest BCUT2D eigenvalue weighted by molar-refractivity contribution is -0.116. The molecule has 0 aliphatic heterocycles. The van der Waals surface area contributed by atoms with Crippen LogP contribution >= 0.6 is 0 Å². The van der Waals surface area contributed by atoms with Crippen molar-refractivity contribution in [1.29, 1.82) is 0 Å². The van der Waals surface area contributed by atoms with Gasteiger partial charge in [-0.2, -0.15) is 0 Å². The molecule has 3 rings (SSSR count). The average molecular weight is 395 g/mol. The minimum absolute atomic E-state index is 0.224. The number of para-hydroxylation sites is 1. The van der Waals surface area contributed by atoms with Gasteiger partial charge in [-0.3, -0.25) is 14.3 Å². The molecular weight excluding hydrogens is 370 g/mol. The van der Waals surface area contributed by atoms with Gasteiger partial charge in [-0.1, -0.05) is 18.2 Å². The largest absolute Gasteiger partial charge is 0.497 e. The number of anilines is 1. The number of hydrogen-bond donors (Lipinski definition) is 1. The number of hydrogen-bond acceptors (Lipinski definition) is 4. The van der Waals surface area contributed by atoms with Crippen LogP contribution in [0.5, 0.6) is 11.5 Å². The minimum Gasteiger partial charge on any atom is -0.497 e. The summed E-state index contributed by atoms with van der Waals surface area (Å²) < 4.78 is 13.8. The van der Waals surface area contributed by atoms with Crippen molar-refractivity contribution in [1.82, 2.24) is 9.36 Å². The monoisotopic (exact) mass is 395 g/mol. The highest BCUT2D eigenvalue weighted by Gasteiger charge is 2.18. The number of amides is 1. The van der Waals surface area contributed by atoms with Crippen LogP contribution in [-0.2, 0) is 18.3 Å². The Morgan fingerprint density at radius 1 is 1.03 bits per heavy atom. The summed E-state index contributed by atoms with van der Waals surface area (Å²) in [4.78, 5) is 25.4. The van der Waals surface area contributed by atoms with Crippen molar-refractivity contribution in [2.24, 2.45) is 7.05 Å². The number of benzene rings is 2. The van der Waals surface area contributed by atoms with Crippen LogP contribution < -0.4 is 20.3 Å². The van der Waals surface area contributed by atoms with Crippen LogP contribution in [0.25, 0.3) is 5.69 Å². The first-order valence-corrected chi connectivity index (χ1v) is 9.30. The molecule has 1 N–H and O–H groups in total. The molecule has 0 aliphatic rings. The quantitative estimate of drug-likeness (QED) is 0.667. The maximum Gasteiger partial charge on any atom is 0.295 e. The molecular formula is C22H25N3O4. The molecule has 0 atom stereocenters. The van der Waals surface area contributed by atoms with E-state index in [1.165, 1.54) is 4.68 Å². The Morgan fingerprint density at radius 3 is 2.24 bits per heavy atom. The Kier molecular flexibility index (Phi) is 6.07. The van der Waals surface area contributed by atoms with E-state index < -0.39 is 0 Å². The van der Waals surface area contributed by atoms with Crippen LogP contribution in [-0.4, -0.2) is 29.5 Å². The third kappa shape index (κ3) is 4.34. The number of nitrogens with one attached hydrogen (secondary N) is 1. The zero-order valence-corrected chi connectivity index (χ0v) is 17.1. The second kappa shape index (κ2) is 8.68. The van der Waals surface area contributed by atoms with Gasteiger partial charge in [0.2, 0.25) is 5.91 Å². The molecule has 1 amide bonds. The highest BCUT2D eigenvalue weighted by atomic mass is 16.5. The second-order valence-electron chi connectivity index (χ2n) is 6.71. The molecule has 0 saturated carbocycles. The van der Waals surface area contributed by atoms with Crippen molar-refractivity contribution in [3.8, 4) is 17.2 Å². The van der Waals surface area contributed by atoms with E-state index in [1.54, 1.807) is 32.0 Å². The zero-order valence-electron chi connectivity index (χ0n) is 17.1. The van der Waals surface area contributed by atoms with Gasteiger partial charge >= 0.3 is 0 Å². The zero-order chi connectivity index (χ0) is 21.0. The molecule has 1 aromatic heterocycles. The normalized spacial score (nSPS) is 10.6. The lowest BCUT2D eigenvalue weighted by Crippen LogP contribution is -2.23. The summed E-state index contributed by atoms with van der Waals surface area (Å²) >= 11 is 0. The Bertz CT molecular complexity index is 1050. The third-order valence-corrected chi connectivity index (χ3v) is 4.87. The maximum atomic E-state index is 12.9.